The first-order valence-corrected chi connectivity index (χ1v) is 10.9. The van der Waals surface area contributed by atoms with Crippen LogP contribution in [-0.2, 0) is 16.6 Å². The molecule has 1 aliphatic heterocycles. The third-order valence-corrected chi connectivity index (χ3v) is 6.75. The maximum absolute atomic E-state index is 12.9. The van der Waals surface area contributed by atoms with Crippen LogP contribution in [0.25, 0.3) is 0 Å². The molecule has 1 aromatic heterocycles. The maximum atomic E-state index is 12.9. The molecular weight excluding hydrogens is 396 g/mol. The monoisotopic (exact) mass is 420 g/mol. The zero-order valence-electron chi connectivity index (χ0n) is 16.2. The largest absolute Gasteiger partial charge is 0.481 e. The van der Waals surface area contributed by atoms with E-state index >= 15 is 0 Å². The van der Waals surface area contributed by atoms with Crippen LogP contribution < -0.4 is 10.1 Å². The van der Waals surface area contributed by atoms with Crippen LogP contribution in [0.1, 0.15) is 31.2 Å². The first-order valence-electron chi connectivity index (χ1n) is 9.43. The number of methoxy groups -OCH3 is 1. The molecule has 2 heterocycles. The third-order valence-electron chi connectivity index (χ3n) is 4.86. The van der Waals surface area contributed by atoms with Crippen LogP contribution in [0.4, 0.5) is 11.4 Å². The van der Waals surface area contributed by atoms with Crippen LogP contribution >= 0.6 is 0 Å². The fourth-order valence-electron chi connectivity index (χ4n) is 3.27. The summed E-state index contributed by atoms with van der Waals surface area (Å²) in [6, 6.07) is 7.48. The average molecular weight is 420 g/mol. The van der Waals surface area contributed by atoms with Crippen molar-refractivity contribution < 1.29 is 18.1 Å². The van der Waals surface area contributed by atoms with Gasteiger partial charge in [-0.3, -0.25) is 10.1 Å². The summed E-state index contributed by atoms with van der Waals surface area (Å²) in [5.41, 5.74) is 0.801. The van der Waals surface area contributed by atoms with Crippen molar-refractivity contribution in [1.29, 1.82) is 0 Å². The van der Waals surface area contributed by atoms with Gasteiger partial charge < -0.3 is 10.1 Å². The Balaban J connectivity index is 1.83. The van der Waals surface area contributed by atoms with E-state index in [-0.39, 0.29) is 16.3 Å². The van der Waals surface area contributed by atoms with Gasteiger partial charge in [-0.1, -0.05) is 12.8 Å². The van der Waals surface area contributed by atoms with Gasteiger partial charge in [-0.2, -0.15) is 4.31 Å². The zero-order chi connectivity index (χ0) is 20.9. The Kier molecular flexibility index (Phi) is 6.65. The molecule has 9 nitrogen and oxygen atoms in total. The number of hydrogen-bond acceptors (Lipinski definition) is 7. The molecule has 0 aliphatic carbocycles. The van der Waals surface area contributed by atoms with E-state index in [1.165, 1.54) is 23.5 Å². The van der Waals surface area contributed by atoms with Gasteiger partial charge in [0.1, 0.15) is 5.69 Å². The summed E-state index contributed by atoms with van der Waals surface area (Å²) in [4.78, 5) is 15.0. The highest BCUT2D eigenvalue weighted by atomic mass is 32.2. The number of aromatic nitrogens is 1. The Morgan fingerprint density at radius 3 is 2.55 bits per heavy atom. The molecule has 0 unspecified atom stereocenters. The standard InChI is InChI=1S/C19H24N4O5S/c1-28-19-12-15(8-9-20-19)14-21-17-7-6-16(13-18(17)23(24)25)29(26,27)22-10-4-2-3-5-11-22/h6-9,12-13,21H,2-5,10-11,14H2,1H3. The fourth-order valence-corrected chi connectivity index (χ4v) is 4.81. The van der Waals surface area contributed by atoms with Crippen molar-refractivity contribution in [1.82, 2.24) is 9.29 Å². The van der Waals surface area contributed by atoms with Crippen LogP contribution in [0.5, 0.6) is 5.88 Å². The first-order chi connectivity index (χ1) is 13.9. The van der Waals surface area contributed by atoms with E-state index < -0.39 is 14.9 Å². The Bertz CT molecular complexity index is 972. The predicted molar refractivity (Wildman–Crippen MR) is 108 cm³/mol. The Morgan fingerprint density at radius 1 is 1.17 bits per heavy atom. The normalized spacial score (nSPS) is 15.5. The molecule has 0 saturated carbocycles. The van der Waals surface area contributed by atoms with E-state index in [9.17, 15) is 18.5 Å². The number of nitro benzene ring substituents is 1. The molecule has 0 radical (unpaired) electrons. The Labute approximate surface area is 169 Å². The van der Waals surface area contributed by atoms with Gasteiger partial charge in [-0.05, 0) is 36.6 Å². The van der Waals surface area contributed by atoms with Gasteiger partial charge in [0.25, 0.3) is 5.69 Å². The summed E-state index contributed by atoms with van der Waals surface area (Å²) in [5.74, 6) is 0.442. The second kappa shape index (κ2) is 9.19. The Morgan fingerprint density at radius 2 is 1.90 bits per heavy atom. The lowest BCUT2D eigenvalue weighted by atomic mass is 10.2. The molecule has 3 rings (SSSR count). The molecule has 0 amide bonds. The molecule has 1 saturated heterocycles. The molecule has 1 aliphatic rings. The molecule has 29 heavy (non-hydrogen) atoms. The number of benzene rings is 1. The smallest absolute Gasteiger partial charge is 0.293 e. The predicted octanol–water partition coefficient (Wildman–Crippen LogP) is 3.18. The van der Waals surface area contributed by atoms with Crippen LogP contribution in [-0.4, -0.2) is 42.8 Å². The number of pyridine rings is 1. The highest BCUT2D eigenvalue weighted by Gasteiger charge is 2.28. The number of nitrogens with zero attached hydrogens (tertiary/aromatic N) is 3. The van der Waals surface area contributed by atoms with Gasteiger partial charge in [-0.25, -0.2) is 13.4 Å². The minimum atomic E-state index is -3.76. The summed E-state index contributed by atoms with van der Waals surface area (Å²) in [6.45, 7) is 1.19. The van der Waals surface area contributed by atoms with E-state index in [0.29, 0.717) is 25.5 Å². The lowest BCUT2D eigenvalue weighted by molar-refractivity contribution is -0.384. The third kappa shape index (κ3) is 5.01. The van der Waals surface area contributed by atoms with Gasteiger partial charge in [0.15, 0.2) is 0 Å². The topological polar surface area (TPSA) is 115 Å². The number of nitro groups is 1. The van der Waals surface area contributed by atoms with E-state index in [4.69, 9.17) is 4.74 Å². The number of rotatable bonds is 7. The van der Waals surface area contributed by atoms with Crippen LogP contribution in [0.2, 0.25) is 0 Å². The highest BCUT2D eigenvalue weighted by Crippen LogP contribution is 2.30. The van der Waals surface area contributed by atoms with Gasteiger partial charge in [0.05, 0.1) is 16.9 Å². The molecular formula is C19H24N4O5S. The van der Waals surface area contributed by atoms with Crippen molar-refractivity contribution in [2.75, 3.05) is 25.5 Å². The Hall–Kier alpha value is -2.72. The number of nitrogens with one attached hydrogen (secondary N) is 1. The van der Waals surface area contributed by atoms with Gasteiger partial charge in [-0.15, -0.1) is 0 Å². The van der Waals surface area contributed by atoms with Crippen molar-refractivity contribution in [3.05, 3.63) is 52.2 Å². The molecule has 0 atom stereocenters. The van der Waals surface area contributed by atoms with E-state index in [2.05, 4.69) is 10.3 Å². The molecule has 0 spiro atoms. The summed E-state index contributed by atoms with van der Waals surface area (Å²) in [7, 11) is -2.25. The van der Waals surface area contributed by atoms with Crippen molar-refractivity contribution in [2.24, 2.45) is 0 Å². The summed E-state index contributed by atoms with van der Waals surface area (Å²) in [5, 5.41) is 14.6. The molecule has 10 heteroatoms. The summed E-state index contributed by atoms with van der Waals surface area (Å²) < 4.78 is 32.4. The van der Waals surface area contributed by atoms with Gasteiger partial charge in [0.2, 0.25) is 15.9 Å². The van der Waals surface area contributed by atoms with Crippen LogP contribution in [0.15, 0.2) is 41.4 Å². The minimum absolute atomic E-state index is 0.0535. The molecule has 1 aromatic carbocycles. The maximum Gasteiger partial charge on any atom is 0.293 e. The number of sulfonamides is 1. The molecule has 1 fully saturated rings. The minimum Gasteiger partial charge on any atom is -0.481 e. The molecule has 156 valence electrons. The first kappa shape index (κ1) is 21.0. The highest BCUT2D eigenvalue weighted by molar-refractivity contribution is 7.89. The second-order valence-corrected chi connectivity index (χ2v) is 8.75. The number of anilines is 1. The molecule has 1 N–H and O–H groups in total. The zero-order valence-corrected chi connectivity index (χ0v) is 17.0. The number of ether oxygens (including phenoxy) is 1. The van der Waals surface area contributed by atoms with Crippen LogP contribution in [0, 0.1) is 10.1 Å². The quantitative estimate of drug-likeness (QED) is 0.540. The van der Waals surface area contributed by atoms with E-state index in [1.54, 1.807) is 18.3 Å². The van der Waals surface area contributed by atoms with Crippen molar-refractivity contribution in [2.45, 2.75) is 37.1 Å². The number of hydrogen-bond donors (Lipinski definition) is 1. The van der Waals surface area contributed by atoms with Crippen molar-refractivity contribution >= 4 is 21.4 Å². The van der Waals surface area contributed by atoms with Gasteiger partial charge >= 0.3 is 0 Å². The summed E-state index contributed by atoms with van der Waals surface area (Å²) in [6.07, 6.45) is 5.18. The molecule has 0 bridgehead atoms. The second-order valence-electron chi connectivity index (χ2n) is 6.81. The molecule has 2 aromatic rings. The lowest BCUT2D eigenvalue weighted by Gasteiger charge is -2.20. The van der Waals surface area contributed by atoms with Gasteiger partial charge in [0, 0.05) is 38.0 Å². The van der Waals surface area contributed by atoms with Crippen molar-refractivity contribution in [3.8, 4) is 5.88 Å². The van der Waals surface area contributed by atoms with E-state index in [0.717, 1.165) is 37.3 Å². The van der Waals surface area contributed by atoms with Crippen LogP contribution in [0.3, 0.4) is 0 Å². The average Bonchev–Trinajstić information content (AvgIpc) is 3.02. The van der Waals surface area contributed by atoms with E-state index in [1.807, 2.05) is 0 Å². The fraction of sp³-hybridized carbons (Fsp3) is 0.421. The van der Waals surface area contributed by atoms with Crippen molar-refractivity contribution in [3.63, 3.8) is 0 Å². The SMILES string of the molecule is COc1cc(CNc2ccc(S(=O)(=O)N3CCCCCC3)cc2[N+](=O)[O-])ccn1. The summed E-state index contributed by atoms with van der Waals surface area (Å²) >= 11 is 0. The lowest BCUT2D eigenvalue weighted by Crippen LogP contribution is -2.32.